The first kappa shape index (κ1) is 11.9. The van der Waals surface area contributed by atoms with Crippen molar-refractivity contribution in [3.05, 3.63) is 0 Å². The Labute approximate surface area is 90.5 Å². The number of carboxylic acids is 1. The van der Waals surface area contributed by atoms with Crippen LogP contribution in [0.5, 0.6) is 0 Å². The fraction of sp³-hybridized carbons (Fsp3) is 0.909. The summed E-state index contributed by atoms with van der Waals surface area (Å²) in [4.78, 5) is 10.6. The zero-order valence-electron chi connectivity index (χ0n) is 8.87. The zero-order chi connectivity index (χ0) is 10.4. The molecule has 0 spiro atoms. The highest BCUT2D eigenvalue weighted by molar-refractivity contribution is 7.99. The molecule has 14 heavy (non-hydrogen) atoms. The van der Waals surface area contributed by atoms with Gasteiger partial charge in [0.05, 0.1) is 6.42 Å². The van der Waals surface area contributed by atoms with Crippen molar-refractivity contribution in [1.82, 2.24) is 0 Å². The van der Waals surface area contributed by atoms with E-state index in [-0.39, 0.29) is 0 Å². The van der Waals surface area contributed by atoms with E-state index in [1.165, 1.54) is 31.4 Å². The topological polar surface area (TPSA) is 37.3 Å². The SMILES string of the molecule is CCC(CC(=O)O)SCC1CCCC1. The summed E-state index contributed by atoms with van der Waals surface area (Å²) in [7, 11) is 0. The molecule has 1 aliphatic carbocycles. The third-order valence-electron chi connectivity index (χ3n) is 2.90. The van der Waals surface area contributed by atoms with Crippen molar-refractivity contribution in [3.63, 3.8) is 0 Å². The molecule has 0 aromatic rings. The minimum atomic E-state index is -0.657. The van der Waals surface area contributed by atoms with Crippen molar-refractivity contribution >= 4 is 17.7 Å². The van der Waals surface area contributed by atoms with Crippen LogP contribution in [-0.2, 0) is 4.79 Å². The summed E-state index contributed by atoms with van der Waals surface area (Å²) in [5.41, 5.74) is 0. The highest BCUT2D eigenvalue weighted by Crippen LogP contribution is 2.30. The lowest BCUT2D eigenvalue weighted by atomic mass is 10.1. The van der Waals surface area contributed by atoms with E-state index in [2.05, 4.69) is 6.92 Å². The Morgan fingerprint density at radius 1 is 1.50 bits per heavy atom. The molecule has 1 N–H and O–H groups in total. The molecule has 1 fully saturated rings. The van der Waals surface area contributed by atoms with Gasteiger partial charge >= 0.3 is 5.97 Å². The van der Waals surface area contributed by atoms with Crippen LogP contribution < -0.4 is 0 Å². The summed E-state index contributed by atoms with van der Waals surface area (Å²) in [6.07, 6.45) is 6.77. The lowest BCUT2D eigenvalue weighted by Gasteiger charge is -2.14. The first-order chi connectivity index (χ1) is 6.72. The molecule has 0 aromatic carbocycles. The fourth-order valence-corrected chi connectivity index (χ4v) is 3.34. The monoisotopic (exact) mass is 216 g/mol. The standard InChI is InChI=1S/C11H20O2S/c1-2-10(7-11(12)13)14-8-9-5-3-4-6-9/h9-10H,2-8H2,1H3,(H,12,13). The molecule has 1 atom stereocenters. The molecule has 0 amide bonds. The molecule has 1 saturated carbocycles. The number of thioether (sulfide) groups is 1. The first-order valence-corrected chi connectivity index (χ1v) is 6.60. The van der Waals surface area contributed by atoms with Crippen LogP contribution in [0.4, 0.5) is 0 Å². The molecule has 0 bridgehead atoms. The Morgan fingerprint density at radius 2 is 2.14 bits per heavy atom. The molecule has 0 aliphatic heterocycles. The molecule has 2 nitrogen and oxygen atoms in total. The number of rotatable bonds is 6. The largest absolute Gasteiger partial charge is 0.481 e. The van der Waals surface area contributed by atoms with E-state index in [0.29, 0.717) is 11.7 Å². The number of carbonyl (C=O) groups is 1. The van der Waals surface area contributed by atoms with Gasteiger partial charge in [-0.2, -0.15) is 11.8 Å². The van der Waals surface area contributed by atoms with Crippen molar-refractivity contribution in [3.8, 4) is 0 Å². The molecular formula is C11H20O2S. The molecule has 1 aliphatic rings. The van der Waals surface area contributed by atoms with E-state index in [0.717, 1.165) is 12.3 Å². The molecule has 1 rings (SSSR count). The van der Waals surface area contributed by atoms with Gasteiger partial charge in [-0.25, -0.2) is 0 Å². The fourth-order valence-electron chi connectivity index (χ4n) is 1.97. The summed E-state index contributed by atoms with van der Waals surface area (Å²) in [5, 5.41) is 9.02. The van der Waals surface area contributed by atoms with Crippen molar-refractivity contribution in [2.24, 2.45) is 5.92 Å². The highest BCUT2D eigenvalue weighted by Gasteiger charge is 2.18. The number of hydrogen-bond acceptors (Lipinski definition) is 2. The maximum Gasteiger partial charge on any atom is 0.304 e. The van der Waals surface area contributed by atoms with Crippen molar-refractivity contribution in [2.45, 2.75) is 50.7 Å². The van der Waals surface area contributed by atoms with Crippen LogP contribution >= 0.6 is 11.8 Å². The Morgan fingerprint density at radius 3 is 2.64 bits per heavy atom. The van der Waals surface area contributed by atoms with Gasteiger partial charge in [-0.1, -0.05) is 19.8 Å². The Kier molecular flexibility index (Phi) is 5.38. The Bertz CT molecular complexity index is 176. The second kappa shape index (κ2) is 6.33. The van der Waals surface area contributed by atoms with Gasteiger partial charge in [-0.3, -0.25) is 4.79 Å². The smallest absolute Gasteiger partial charge is 0.304 e. The molecule has 1 unspecified atom stereocenters. The van der Waals surface area contributed by atoms with E-state index >= 15 is 0 Å². The van der Waals surface area contributed by atoms with Gasteiger partial charge in [0.25, 0.3) is 0 Å². The van der Waals surface area contributed by atoms with Gasteiger partial charge in [0.2, 0.25) is 0 Å². The van der Waals surface area contributed by atoms with Gasteiger partial charge in [-0.15, -0.1) is 0 Å². The molecule has 82 valence electrons. The summed E-state index contributed by atoms with van der Waals surface area (Å²) >= 11 is 1.87. The maximum absolute atomic E-state index is 10.6. The molecular weight excluding hydrogens is 196 g/mol. The highest BCUT2D eigenvalue weighted by atomic mass is 32.2. The van der Waals surface area contributed by atoms with Gasteiger partial charge in [0, 0.05) is 5.25 Å². The van der Waals surface area contributed by atoms with Crippen molar-refractivity contribution in [1.29, 1.82) is 0 Å². The van der Waals surface area contributed by atoms with Crippen LogP contribution in [0.2, 0.25) is 0 Å². The van der Waals surface area contributed by atoms with Crippen LogP contribution in [0, 0.1) is 5.92 Å². The van der Waals surface area contributed by atoms with Crippen molar-refractivity contribution < 1.29 is 9.90 Å². The lowest BCUT2D eigenvalue weighted by Crippen LogP contribution is -2.11. The van der Waals surface area contributed by atoms with Crippen molar-refractivity contribution in [2.75, 3.05) is 5.75 Å². The summed E-state index contributed by atoms with van der Waals surface area (Å²) in [6.45, 7) is 2.08. The van der Waals surface area contributed by atoms with E-state index < -0.39 is 5.97 Å². The maximum atomic E-state index is 10.6. The van der Waals surface area contributed by atoms with Crippen LogP contribution in [0.25, 0.3) is 0 Å². The van der Waals surface area contributed by atoms with E-state index in [4.69, 9.17) is 5.11 Å². The zero-order valence-corrected chi connectivity index (χ0v) is 9.68. The summed E-state index contributed by atoms with van der Waals surface area (Å²) in [6, 6.07) is 0. The third kappa shape index (κ3) is 4.36. The quantitative estimate of drug-likeness (QED) is 0.741. The molecule has 0 saturated heterocycles. The van der Waals surface area contributed by atoms with E-state index in [1.807, 2.05) is 11.8 Å². The number of aliphatic carboxylic acids is 1. The molecule has 0 aromatic heterocycles. The first-order valence-electron chi connectivity index (χ1n) is 5.55. The summed E-state index contributed by atoms with van der Waals surface area (Å²) < 4.78 is 0. The van der Waals surface area contributed by atoms with Crippen LogP contribution in [0.3, 0.4) is 0 Å². The van der Waals surface area contributed by atoms with E-state index in [1.54, 1.807) is 0 Å². The second-order valence-electron chi connectivity index (χ2n) is 4.11. The minimum Gasteiger partial charge on any atom is -0.481 e. The van der Waals surface area contributed by atoms with Crippen LogP contribution in [0.1, 0.15) is 45.4 Å². The molecule has 3 heteroatoms. The molecule has 0 radical (unpaired) electrons. The van der Waals surface area contributed by atoms with Gasteiger partial charge < -0.3 is 5.11 Å². The predicted molar refractivity (Wildman–Crippen MR) is 60.7 cm³/mol. The van der Waals surface area contributed by atoms with E-state index in [9.17, 15) is 4.79 Å². The second-order valence-corrected chi connectivity index (χ2v) is 5.45. The average Bonchev–Trinajstić information content (AvgIpc) is 2.64. The number of carboxylic acid groups (broad SMARTS) is 1. The number of hydrogen-bond donors (Lipinski definition) is 1. The average molecular weight is 216 g/mol. The minimum absolute atomic E-state index is 0.327. The third-order valence-corrected chi connectivity index (χ3v) is 4.54. The predicted octanol–water partition coefficient (Wildman–Crippen LogP) is 3.16. The van der Waals surface area contributed by atoms with Crippen LogP contribution in [-0.4, -0.2) is 22.1 Å². The lowest BCUT2D eigenvalue weighted by molar-refractivity contribution is -0.136. The Balaban J connectivity index is 2.15. The van der Waals surface area contributed by atoms with Gasteiger partial charge in [0.1, 0.15) is 0 Å². The Hall–Kier alpha value is -0.180. The van der Waals surface area contributed by atoms with Crippen LogP contribution in [0.15, 0.2) is 0 Å². The molecule has 0 heterocycles. The van der Waals surface area contributed by atoms with Gasteiger partial charge in [-0.05, 0) is 30.9 Å². The summed E-state index contributed by atoms with van der Waals surface area (Å²) in [5.74, 6) is 1.38. The van der Waals surface area contributed by atoms with Gasteiger partial charge in [0.15, 0.2) is 0 Å². The normalized spacial score (nSPS) is 19.8.